The van der Waals surface area contributed by atoms with Crippen LogP contribution in [0.2, 0.25) is 0 Å². The monoisotopic (exact) mass is 493 g/mol. The minimum absolute atomic E-state index is 0.463. The van der Waals surface area contributed by atoms with Crippen LogP contribution in [0, 0.1) is 0 Å². The van der Waals surface area contributed by atoms with E-state index in [0.717, 1.165) is 0 Å². The Kier molecular flexibility index (Phi) is 8.15. The zero-order valence-corrected chi connectivity index (χ0v) is 18.5. The fourth-order valence-electron chi connectivity index (χ4n) is 2.16. The summed E-state index contributed by atoms with van der Waals surface area (Å²) in [6.45, 7) is 8.85. The molecule has 0 amide bonds. The maximum absolute atomic E-state index is 5.45. The molecule has 0 aliphatic carbocycles. The molecule has 0 saturated heterocycles. The normalized spacial score (nSPS) is 11.9. The van der Waals surface area contributed by atoms with Crippen LogP contribution < -0.4 is 0 Å². The van der Waals surface area contributed by atoms with Gasteiger partial charge in [0.1, 0.15) is 0 Å². The fourth-order valence-corrected chi connectivity index (χ4v) is 9.33. The zero-order chi connectivity index (χ0) is 16.8. The molecule has 0 heterocycles. The molecule has 0 saturated carbocycles. The van der Waals surface area contributed by atoms with Gasteiger partial charge in [-0.2, -0.15) is 0 Å². The Labute approximate surface area is 143 Å². The molecule has 0 N–H and O–H groups in total. The molecule has 6 heteroatoms. The van der Waals surface area contributed by atoms with E-state index in [1.54, 1.807) is 21.3 Å². The first-order valence-electron chi connectivity index (χ1n) is 7.40. The average molecular weight is 493 g/mol. The molecular formula is C16H27NO3SiW. The van der Waals surface area contributed by atoms with Crippen LogP contribution >= 0.6 is 0 Å². The van der Waals surface area contributed by atoms with Gasteiger partial charge in [0.15, 0.2) is 0 Å². The van der Waals surface area contributed by atoms with E-state index >= 15 is 0 Å². The Morgan fingerprint density at radius 3 is 1.77 bits per heavy atom. The van der Waals surface area contributed by atoms with E-state index in [2.05, 4.69) is 49.9 Å². The first-order chi connectivity index (χ1) is 10.4. The molecule has 0 aliphatic rings. The van der Waals surface area contributed by atoms with E-state index in [0.29, 0.717) is 11.8 Å². The van der Waals surface area contributed by atoms with Crippen molar-refractivity contribution in [3.05, 3.63) is 29.3 Å². The second-order valence-electron chi connectivity index (χ2n) is 5.62. The fraction of sp³-hybridized carbons (Fsp3) is 0.562. The molecule has 1 aromatic carbocycles. The molecule has 0 aromatic heterocycles. The summed E-state index contributed by atoms with van der Waals surface area (Å²) in [5.41, 5.74) is 3.80. The molecule has 0 unspecified atom stereocenters. The molecule has 0 fully saturated rings. The van der Waals surface area contributed by atoms with Crippen LogP contribution in [0.1, 0.15) is 50.7 Å². The van der Waals surface area contributed by atoms with Crippen LogP contribution in [0.15, 0.2) is 21.7 Å². The molecule has 0 spiro atoms. The van der Waals surface area contributed by atoms with Gasteiger partial charge in [0.2, 0.25) is 0 Å². The topological polar surface area (TPSA) is 40.0 Å². The van der Waals surface area contributed by atoms with Crippen LogP contribution in [-0.2, 0) is 31.2 Å². The van der Waals surface area contributed by atoms with Crippen LogP contribution in [-0.4, -0.2) is 34.2 Å². The van der Waals surface area contributed by atoms with Crippen molar-refractivity contribution < 1.29 is 31.2 Å². The van der Waals surface area contributed by atoms with Gasteiger partial charge in [-0.05, 0) is 0 Å². The predicted molar refractivity (Wildman–Crippen MR) is 89.6 cm³/mol. The van der Waals surface area contributed by atoms with Crippen molar-refractivity contribution in [2.24, 2.45) is 3.50 Å². The predicted octanol–water partition coefficient (Wildman–Crippen LogP) is 4.05. The molecule has 1 rings (SSSR count). The summed E-state index contributed by atoms with van der Waals surface area (Å²) >= 11 is -1.12. The third-order valence-electron chi connectivity index (χ3n) is 3.54. The van der Waals surface area contributed by atoms with Gasteiger partial charge < -0.3 is 0 Å². The SMILES string of the molecule is CO[Si]([CH]=[W]=[N]c1c(C(C)C)cccc1C(C)C)(OC)OC. The number of rotatable bonds is 7. The van der Waals surface area contributed by atoms with Gasteiger partial charge in [0.05, 0.1) is 0 Å². The van der Waals surface area contributed by atoms with Crippen molar-refractivity contribution in [2.75, 3.05) is 21.3 Å². The Bertz CT molecular complexity index is 516. The molecule has 22 heavy (non-hydrogen) atoms. The van der Waals surface area contributed by atoms with Crippen molar-refractivity contribution in [1.82, 2.24) is 0 Å². The number of hydrogen-bond donors (Lipinski definition) is 0. The number of benzene rings is 1. The van der Waals surface area contributed by atoms with Crippen molar-refractivity contribution in [3.63, 3.8) is 0 Å². The second-order valence-corrected chi connectivity index (χ2v) is 12.2. The standard InChI is InChI=1S/C12H17N.C4H10O3Si.W/c1-8(2)10-6-5-7-11(9(3)4)12(10)13;1-5-8(4,6-2)7-3;/h5-9H,1-4H3;4H,1-3H3;. The molecule has 0 aliphatic heterocycles. The van der Waals surface area contributed by atoms with E-state index < -0.39 is 26.7 Å². The summed E-state index contributed by atoms with van der Waals surface area (Å²) in [5.74, 6) is 0.927. The summed E-state index contributed by atoms with van der Waals surface area (Å²) in [4.78, 5) is 0. The summed E-state index contributed by atoms with van der Waals surface area (Å²) in [6.07, 6.45) is 0. The van der Waals surface area contributed by atoms with Crippen LogP contribution in [0.25, 0.3) is 0 Å². The van der Waals surface area contributed by atoms with Crippen molar-refractivity contribution >= 4 is 18.5 Å². The molecule has 0 atom stereocenters. The molecule has 4 nitrogen and oxygen atoms in total. The van der Waals surface area contributed by atoms with E-state index in [9.17, 15) is 0 Å². The van der Waals surface area contributed by atoms with Crippen molar-refractivity contribution in [3.8, 4) is 0 Å². The molecule has 1 aromatic rings. The summed E-state index contributed by atoms with van der Waals surface area (Å²) in [7, 11) is 2.30. The van der Waals surface area contributed by atoms with Crippen LogP contribution in [0.3, 0.4) is 0 Å². The second kappa shape index (κ2) is 9.09. The van der Waals surface area contributed by atoms with E-state index in [1.807, 2.05) is 0 Å². The number of nitrogens with zero attached hydrogens (tertiary/aromatic N) is 1. The van der Waals surface area contributed by atoms with Gasteiger partial charge in [0, 0.05) is 0 Å². The average Bonchev–Trinajstić information content (AvgIpc) is 2.51. The van der Waals surface area contributed by atoms with Gasteiger partial charge in [-0.1, -0.05) is 0 Å². The van der Waals surface area contributed by atoms with Crippen molar-refractivity contribution in [2.45, 2.75) is 39.5 Å². The summed E-state index contributed by atoms with van der Waals surface area (Å²) < 4.78 is 23.4. The Hall–Kier alpha value is -0.325. The summed E-state index contributed by atoms with van der Waals surface area (Å²) in [5, 5.41) is 0. The first kappa shape index (κ1) is 19.7. The molecule has 0 bridgehead atoms. The Balaban J connectivity index is 3.34. The Morgan fingerprint density at radius 1 is 0.955 bits per heavy atom. The Morgan fingerprint density at radius 2 is 1.41 bits per heavy atom. The van der Waals surface area contributed by atoms with E-state index in [1.165, 1.54) is 16.8 Å². The van der Waals surface area contributed by atoms with Gasteiger partial charge in [-0.3, -0.25) is 0 Å². The van der Waals surface area contributed by atoms with E-state index in [4.69, 9.17) is 16.8 Å². The minimum atomic E-state index is -2.61. The van der Waals surface area contributed by atoms with Gasteiger partial charge in [-0.25, -0.2) is 0 Å². The maximum atomic E-state index is 5.45. The number of hydrogen-bond acceptors (Lipinski definition) is 4. The van der Waals surface area contributed by atoms with Gasteiger partial charge in [-0.15, -0.1) is 0 Å². The molecular weight excluding hydrogens is 466 g/mol. The summed E-state index contributed by atoms with van der Waals surface area (Å²) in [6, 6.07) is 6.50. The third kappa shape index (κ3) is 4.83. The van der Waals surface area contributed by atoms with Gasteiger partial charge >= 0.3 is 143 Å². The molecule has 124 valence electrons. The van der Waals surface area contributed by atoms with E-state index in [-0.39, 0.29) is 0 Å². The van der Waals surface area contributed by atoms with Crippen LogP contribution in [0.5, 0.6) is 0 Å². The van der Waals surface area contributed by atoms with Crippen LogP contribution in [0.4, 0.5) is 5.69 Å². The first-order valence-corrected chi connectivity index (χ1v) is 12.2. The molecule has 0 radical (unpaired) electrons. The zero-order valence-electron chi connectivity index (χ0n) is 14.5. The van der Waals surface area contributed by atoms with Gasteiger partial charge in [0.25, 0.3) is 0 Å². The van der Waals surface area contributed by atoms with Crippen molar-refractivity contribution in [1.29, 1.82) is 0 Å². The third-order valence-corrected chi connectivity index (χ3v) is 10.9. The quantitative estimate of drug-likeness (QED) is 0.539.